The number of halogens is 1. The SMILES string of the molecule is CCNC(=O)C(C)(C)CNC(=NCc1ccc(C)cc1OCC1CC1)NCC.I. The third kappa shape index (κ3) is 8.80. The number of benzene rings is 1. The molecule has 0 unspecified atom stereocenters. The van der Waals surface area contributed by atoms with Crippen molar-refractivity contribution in [3.8, 4) is 5.75 Å². The van der Waals surface area contributed by atoms with Gasteiger partial charge in [0.2, 0.25) is 5.91 Å². The molecule has 164 valence electrons. The highest BCUT2D eigenvalue weighted by Gasteiger charge is 2.27. The molecule has 1 aliphatic carbocycles. The molecule has 0 saturated heterocycles. The van der Waals surface area contributed by atoms with Crippen molar-refractivity contribution in [3.63, 3.8) is 0 Å². The highest BCUT2D eigenvalue weighted by Crippen LogP contribution is 2.31. The van der Waals surface area contributed by atoms with Gasteiger partial charge in [-0.3, -0.25) is 4.79 Å². The van der Waals surface area contributed by atoms with Crippen LogP contribution < -0.4 is 20.7 Å². The molecule has 0 radical (unpaired) electrons. The lowest BCUT2D eigenvalue weighted by Crippen LogP contribution is -2.47. The minimum absolute atomic E-state index is 0. The summed E-state index contributed by atoms with van der Waals surface area (Å²) in [5.74, 6) is 2.38. The first-order valence-electron chi connectivity index (χ1n) is 10.4. The Labute approximate surface area is 192 Å². The number of hydrogen-bond donors (Lipinski definition) is 3. The second-order valence-corrected chi connectivity index (χ2v) is 8.16. The summed E-state index contributed by atoms with van der Waals surface area (Å²) in [4.78, 5) is 16.9. The number of nitrogens with one attached hydrogen (secondary N) is 3. The Bertz CT molecular complexity index is 687. The molecule has 0 heterocycles. The van der Waals surface area contributed by atoms with E-state index in [4.69, 9.17) is 9.73 Å². The molecule has 1 aromatic rings. The largest absolute Gasteiger partial charge is 0.493 e. The number of rotatable bonds is 10. The average molecular weight is 516 g/mol. The van der Waals surface area contributed by atoms with Gasteiger partial charge in [-0.15, -0.1) is 24.0 Å². The van der Waals surface area contributed by atoms with Crippen molar-refractivity contribution in [2.45, 2.75) is 54.0 Å². The Morgan fingerprint density at radius 3 is 2.48 bits per heavy atom. The Balaban J connectivity index is 0.00000420. The zero-order valence-electron chi connectivity index (χ0n) is 18.4. The molecule has 1 aromatic carbocycles. The van der Waals surface area contributed by atoms with Gasteiger partial charge < -0.3 is 20.7 Å². The van der Waals surface area contributed by atoms with Crippen molar-refractivity contribution in [1.29, 1.82) is 0 Å². The number of aryl methyl sites for hydroxylation is 1. The Kier molecular flexibility index (Phi) is 10.8. The molecule has 0 bridgehead atoms. The minimum Gasteiger partial charge on any atom is -0.493 e. The fraction of sp³-hybridized carbons (Fsp3) is 0.636. The van der Waals surface area contributed by atoms with Gasteiger partial charge in [0, 0.05) is 25.2 Å². The maximum Gasteiger partial charge on any atom is 0.227 e. The molecule has 0 aliphatic heterocycles. The number of guanidine groups is 1. The number of amides is 1. The number of nitrogens with zero attached hydrogens (tertiary/aromatic N) is 1. The quantitative estimate of drug-likeness (QED) is 0.252. The van der Waals surface area contributed by atoms with E-state index in [0.29, 0.717) is 31.5 Å². The van der Waals surface area contributed by atoms with E-state index in [-0.39, 0.29) is 29.9 Å². The molecule has 1 saturated carbocycles. The normalized spacial score (nSPS) is 14.0. The lowest BCUT2D eigenvalue weighted by Gasteiger charge is -2.25. The third-order valence-corrected chi connectivity index (χ3v) is 4.80. The van der Waals surface area contributed by atoms with Crippen LogP contribution in [0, 0.1) is 18.3 Å². The van der Waals surface area contributed by atoms with Crippen LogP contribution in [0.15, 0.2) is 23.2 Å². The summed E-state index contributed by atoms with van der Waals surface area (Å²) >= 11 is 0. The summed E-state index contributed by atoms with van der Waals surface area (Å²) in [7, 11) is 0. The summed E-state index contributed by atoms with van der Waals surface area (Å²) in [5, 5.41) is 9.44. The van der Waals surface area contributed by atoms with Crippen LogP contribution in [0.25, 0.3) is 0 Å². The number of ether oxygens (including phenoxy) is 1. The van der Waals surface area contributed by atoms with Crippen LogP contribution in [0.5, 0.6) is 5.75 Å². The molecular weight excluding hydrogens is 479 g/mol. The van der Waals surface area contributed by atoms with E-state index in [2.05, 4.69) is 41.1 Å². The lowest BCUT2D eigenvalue weighted by atomic mass is 9.92. The van der Waals surface area contributed by atoms with E-state index in [9.17, 15) is 4.79 Å². The van der Waals surface area contributed by atoms with Gasteiger partial charge in [-0.25, -0.2) is 4.99 Å². The van der Waals surface area contributed by atoms with Crippen LogP contribution in [0.4, 0.5) is 0 Å². The van der Waals surface area contributed by atoms with Gasteiger partial charge >= 0.3 is 0 Å². The van der Waals surface area contributed by atoms with Gasteiger partial charge in [0.15, 0.2) is 5.96 Å². The van der Waals surface area contributed by atoms with Crippen LogP contribution in [0.1, 0.15) is 51.7 Å². The van der Waals surface area contributed by atoms with Crippen molar-refractivity contribution in [3.05, 3.63) is 29.3 Å². The molecule has 0 atom stereocenters. The molecule has 0 spiro atoms. The Morgan fingerprint density at radius 2 is 1.86 bits per heavy atom. The number of carbonyl (C=O) groups excluding carboxylic acids is 1. The summed E-state index contributed by atoms with van der Waals surface area (Å²) in [6, 6.07) is 6.27. The van der Waals surface area contributed by atoms with Crippen LogP contribution in [-0.4, -0.2) is 38.1 Å². The van der Waals surface area contributed by atoms with Gasteiger partial charge in [0.25, 0.3) is 0 Å². The first kappa shape index (κ1) is 25.5. The van der Waals surface area contributed by atoms with Gasteiger partial charge in [0.05, 0.1) is 18.6 Å². The van der Waals surface area contributed by atoms with E-state index >= 15 is 0 Å². The zero-order valence-corrected chi connectivity index (χ0v) is 20.8. The molecular formula is C22H37IN4O2. The summed E-state index contributed by atoms with van der Waals surface area (Å²) in [5.41, 5.74) is 1.74. The standard InChI is InChI=1S/C22H36N4O2.HI/c1-6-23-20(27)22(4,5)15-26-21(24-7-2)25-13-18-11-8-16(3)12-19(18)28-14-17-9-10-17;/h8,11-12,17H,6-7,9-10,13-15H2,1-5H3,(H,23,27)(H2,24,25,26);1H. The Morgan fingerprint density at radius 1 is 1.17 bits per heavy atom. The third-order valence-electron chi connectivity index (χ3n) is 4.80. The molecule has 2 rings (SSSR count). The molecule has 1 amide bonds. The molecule has 3 N–H and O–H groups in total. The summed E-state index contributed by atoms with van der Waals surface area (Å²) in [6.07, 6.45) is 2.55. The van der Waals surface area contributed by atoms with Crippen LogP contribution in [0.3, 0.4) is 0 Å². The van der Waals surface area contributed by atoms with Gasteiger partial charge in [0.1, 0.15) is 5.75 Å². The number of hydrogen-bond acceptors (Lipinski definition) is 3. The monoisotopic (exact) mass is 516 g/mol. The minimum atomic E-state index is -0.519. The van der Waals surface area contributed by atoms with Gasteiger partial charge in [-0.05, 0) is 65.0 Å². The fourth-order valence-electron chi connectivity index (χ4n) is 2.71. The van der Waals surface area contributed by atoms with Crippen LogP contribution in [0.2, 0.25) is 0 Å². The smallest absolute Gasteiger partial charge is 0.227 e. The van der Waals surface area contributed by atoms with E-state index in [0.717, 1.165) is 24.5 Å². The molecule has 6 nitrogen and oxygen atoms in total. The highest BCUT2D eigenvalue weighted by molar-refractivity contribution is 14.0. The predicted molar refractivity (Wildman–Crippen MR) is 130 cm³/mol. The zero-order chi connectivity index (χ0) is 20.6. The average Bonchev–Trinajstić information content (AvgIpc) is 3.48. The first-order chi connectivity index (χ1) is 13.4. The molecule has 29 heavy (non-hydrogen) atoms. The lowest BCUT2D eigenvalue weighted by molar-refractivity contribution is -0.128. The molecule has 1 aliphatic rings. The van der Waals surface area contributed by atoms with Crippen molar-refractivity contribution in [2.24, 2.45) is 16.3 Å². The highest BCUT2D eigenvalue weighted by atomic mass is 127. The maximum atomic E-state index is 12.2. The fourth-order valence-corrected chi connectivity index (χ4v) is 2.71. The molecule has 7 heteroatoms. The molecule has 1 fully saturated rings. The summed E-state index contributed by atoms with van der Waals surface area (Å²) in [6.45, 7) is 13.1. The molecule has 0 aromatic heterocycles. The second-order valence-electron chi connectivity index (χ2n) is 8.16. The van der Waals surface area contributed by atoms with Crippen LogP contribution in [-0.2, 0) is 11.3 Å². The van der Waals surface area contributed by atoms with E-state index in [1.165, 1.54) is 18.4 Å². The van der Waals surface area contributed by atoms with E-state index in [1.807, 2.05) is 27.7 Å². The number of carbonyl (C=O) groups is 1. The van der Waals surface area contributed by atoms with Crippen LogP contribution >= 0.6 is 24.0 Å². The Hall–Kier alpha value is -1.51. The van der Waals surface area contributed by atoms with Crippen molar-refractivity contribution < 1.29 is 9.53 Å². The van der Waals surface area contributed by atoms with E-state index < -0.39 is 5.41 Å². The summed E-state index contributed by atoms with van der Waals surface area (Å²) < 4.78 is 6.04. The maximum absolute atomic E-state index is 12.2. The van der Waals surface area contributed by atoms with Crippen molar-refractivity contribution in [1.82, 2.24) is 16.0 Å². The number of aliphatic imine (C=N–C) groups is 1. The van der Waals surface area contributed by atoms with Crippen molar-refractivity contribution in [2.75, 3.05) is 26.2 Å². The second kappa shape index (κ2) is 12.2. The first-order valence-corrected chi connectivity index (χ1v) is 10.4. The van der Waals surface area contributed by atoms with E-state index in [1.54, 1.807) is 0 Å². The van der Waals surface area contributed by atoms with Crippen molar-refractivity contribution >= 4 is 35.8 Å². The van der Waals surface area contributed by atoms with Gasteiger partial charge in [-0.2, -0.15) is 0 Å². The topological polar surface area (TPSA) is 74.8 Å². The van der Waals surface area contributed by atoms with Gasteiger partial charge in [-0.1, -0.05) is 12.1 Å². The predicted octanol–water partition coefficient (Wildman–Crippen LogP) is 3.62.